The maximum atomic E-state index is 12.6. The van der Waals surface area contributed by atoms with Crippen LogP contribution in [0.15, 0.2) is 47.4 Å². The monoisotopic (exact) mass is 456 g/mol. The molecule has 0 unspecified atom stereocenters. The van der Waals surface area contributed by atoms with Crippen LogP contribution in [-0.4, -0.2) is 39.0 Å². The van der Waals surface area contributed by atoms with Crippen LogP contribution in [0, 0.1) is 0 Å². The van der Waals surface area contributed by atoms with E-state index < -0.39 is 10.1 Å². The van der Waals surface area contributed by atoms with Gasteiger partial charge in [-0.15, -0.1) is 0 Å². The smallest absolute Gasteiger partial charge is 0.339 e. The number of anilines is 1. The van der Waals surface area contributed by atoms with Crippen LogP contribution in [0.1, 0.15) is 26.2 Å². The molecule has 6 nitrogen and oxygen atoms in total. The van der Waals surface area contributed by atoms with Crippen LogP contribution >= 0.6 is 23.2 Å². The minimum Gasteiger partial charge on any atom is -0.379 e. The van der Waals surface area contributed by atoms with Crippen molar-refractivity contribution in [1.29, 1.82) is 0 Å². The zero-order chi connectivity index (χ0) is 21.0. The molecule has 156 valence electrons. The van der Waals surface area contributed by atoms with Gasteiger partial charge in [-0.05, 0) is 36.8 Å². The highest BCUT2D eigenvalue weighted by molar-refractivity contribution is 7.87. The molecular formula is C20H22Cl2N2O4S. The number of hydrogen-bond donors (Lipinski definition) is 0. The summed E-state index contributed by atoms with van der Waals surface area (Å²) >= 11 is 11.8. The normalized spacial score (nSPS) is 14.5. The molecule has 0 atom stereocenters. The lowest BCUT2D eigenvalue weighted by atomic mass is 10.2. The Morgan fingerprint density at radius 2 is 1.66 bits per heavy atom. The van der Waals surface area contributed by atoms with Crippen molar-refractivity contribution in [3.05, 3.63) is 52.5 Å². The quantitative estimate of drug-likeness (QED) is 0.404. The third-order valence-corrected chi connectivity index (χ3v) is 6.30. The molecule has 2 aromatic rings. The number of unbranched alkanes of at least 4 members (excludes halogenated alkanes) is 2. The van der Waals surface area contributed by atoms with E-state index in [0.717, 1.165) is 25.8 Å². The van der Waals surface area contributed by atoms with Gasteiger partial charge in [-0.3, -0.25) is 4.90 Å². The van der Waals surface area contributed by atoms with E-state index in [9.17, 15) is 13.2 Å². The molecule has 1 aliphatic heterocycles. The molecule has 0 N–H and O–H groups in total. The predicted octanol–water partition coefficient (Wildman–Crippen LogP) is 5.19. The number of amides is 2. The number of carbonyl (C=O) groups excluding carboxylic acids is 1. The molecule has 0 spiro atoms. The van der Waals surface area contributed by atoms with Crippen molar-refractivity contribution in [3.8, 4) is 5.75 Å². The summed E-state index contributed by atoms with van der Waals surface area (Å²) in [6, 6.07) is 10.2. The SMILES string of the molecule is CCCCCN1CCN(c2ccc(S(=O)(=O)Oc3cc(Cl)cc(Cl)c3)cc2)C1=O. The van der Waals surface area contributed by atoms with Gasteiger partial charge in [0.2, 0.25) is 0 Å². The average Bonchev–Trinajstić information content (AvgIpc) is 3.01. The molecule has 1 heterocycles. The molecule has 0 saturated carbocycles. The molecular weight excluding hydrogens is 435 g/mol. The fraction of sp³-hybridized carbons (Fsp3) is 0.350. The number of halogens is 2. The van der Waals surface area contributed by atoms with Gasteiger partial charge in [0.1, 0.15) is 10.6 Å². The van der Waals surface area contributed by atoms with Gasteiger partial charge < -0.3 is 9.08 Å². The molecule has 1 aliphatic rings. The van der Waals surface area contributed by atoms with Crippen LogP contribution in [-0.2, 0) is 10.1 Å². The Bertz CT molecular complexity index is 960. The zero-order valence-corrected chi connectivity index (χ0v) is 18.3. The van der Waals surface area contributed by atoms with Crippen LogP contribution in [0.25, 0.3) is 0 Å². The summed E-state index contributed by atoms with van der Waals surface area (Å²) in [5.74, 6) is 0.0315. The molecule has 0 radical (unpaired) electrons. The van der Waals surface area contributed by atoms with Crippen LogP contribution in [0.2, 0.25) is 10.0 Å². The standard InChI is InChI=1S/C20H22Cl2N2O4S/c1-2-3-4-9-23-10-11-24(20(23)25)17-5-7-19(8-6-17)29(26,27)28-18-13-15(21)12-16(22)14-18/h5-8,12-14H,2-4,9-11H2,1H3. The highest BCUT2D eigenvalue weighted by atomic mass is 35.5. The van der Waals surface area contributed by atoms with E-state index in [2.05, 4.69) is 6.92 Å². The molecule has 1 saturated heterocycles. The first-order chi connectivity index (χ1) is 13.8. The van der Waals surface area contributed by atoms with Crippen molar-refractivity contribution >= 4 is 45.0 Å². The van der Waals surface area contributed by atoms with Gasteiger partial charge in [0, 0.05) is 47.5 Å². The Balaban J connectivity index is 1.70. The molecule has 29 heavy (non-hydrogen) atoms. The third kappa shape index (κ3) is 5.35. The largest absolute Gasteiger partial charge is 0.379 e. The van der Waals surface area contributed by atoms with Crippen molar-refractivity contribution in [3.63, 3.8) is 0 Å². The number of urea groups is 1. The maximum Gasteiger partial charge on any atom is 0.339 e. The van der Waals surface area contributed by atoms with E-state index >= 15 is 0 Å². The second kappa shape index (κ2) is 9.24. The summed E-state index contributed by atoms with van der Waals surface area (Å²) in [6.45, 7) is 4.11. The molecule has 0 bridgehead atoms. The first-order valence-electron chi connectivity index (χ1n) is 9.37. The van der Waals surface area contributed by atoms with Gasteiger partial charge in [-0.1, -0.05) is 43.0 Å². The summed E-state index contributed by atoms with van der Waals surface area (Å²) in [5.41, 5.74) is 0.651. The lowest BCUT2D eigenvalue weighted by molar-refractivity contribution is 0.219. The predicted molar refractivity (Wildman–Crippen MR) is 115 cm³/mol. The van der Waals surface area contributed by atoms with Crippen LogP contribution in [0.4, 0.5) is 10.5 Å². The van der Waals surface area contributed by atoms with Crippen molar-refractivity contribution < 1.29 is 17.4 Å². The third-order valence-electron chi connectivity index (χ3n) is 4.61. The number of carbonyl (C=O) groups is 1. The van der Waals surface area contributed by atoms with E-state index in [1.54, 1.807) is 17.0 Å². The van der Waals surface area contributed by atoms with Gasteiger partial charge in [0.25, 0.3) is 0 Å². The lowest BCUT2D eigenvalue weighted by Gasteiger charge is -2.19. The Kier molecular flexibility index (Phi) is 6.93. The van der Waals surface area contributed by atoms with Crippen LogP contribution in [0.3, 0.4) is 0 Å². The van der Waals surface area contributed by atoms with E-state index in [-0.39, 0.29) is 26.7 Å². The Morgan fingerprint density at radius 3 is 2.28 bits per heavy atom. The van der Waals surface area contributed by atoms with Crippen molar-refractivity contribution in [2.75, 3.05) is 24.5 Å². The second-order valence-corrected chi connectivity index (χ2v) is 9.18. The molecule has 2 aromatic carbocycles. The van der Waals surface area contributed by atoms with Gasteiger partial charge in [0.05, 0.1) is 0 Å². The summed E-state index contributed by atoms with van der Waals surface area (Å²) in [4.78, 5) is 16.0. The lowest BCUT2D eigenvalue weighted by Crippen LogP contribution is -2.32. The molecule has 9 heteroatoms. The van der Waals surface area contributed by atoms with Crippen LogP contribution in [0.5, 0.6) is 5.75 Å². The van der Waals surface area contributed by atoms with Gasteiger partial charge in [-0.25, -0.2) is 4.79 Å². The second-order valence-electron chi connectivity index (χ2n) is 6.76. The van der Waals surface area contributed by atoms with E-state index in [4.69, 9.17) is 27.4 Å². The molecule has 1 fully saturated rings. The number of nitrogens with zero attached hydrogens (tertiary/aromatic N) is 2. The average molecular weight is 457 g/mol. The summed E-state index contributed by atoms with van der Waals surface area (Å²) < 4.78 is 30.2. The molecule has 0 aliphatic carbocycles. The Labute approximate surface area is 181 Å². The van der Waals surface area contributed by atoms with Crippen LogP contribution < -0.4 is 9.08 Å². The fourth-order valence-corrected chi connectivity index (χ4v) is 4.55. The highest BCUT2D eigenvalue weighted by Crippen LogP contribution is 2.28. The Morgan fingerprint density at radius 1 is 1.00 bits per heavy atom. The van der Waals surface area contributed by atoms with Crippen molar-refractivity contribution in [2.24, 2.45) is 0 Å². The molecule has 2 amide bonds. The van der Waals surface area contributed by atoms with E-state index in [0.29, 0.717) is 18.8 Å². The highest BCUT2D eigenvalue weighted by Gasteiger charge is 2.29. The van der Waals surface area contributed by atoms with Crippen molar-refractivity contribution in [2.45, 2.75) is 31.1 Å². The topological polar surface area (TPSA) is 66.9 Å². The maximum absolute atomic E-state index is 12.6. The number of hydrogen-bond acceptors (Lipinski definition) is 4. The van der Waals surface area contributed by atoms with E-state index in [1.807, 2.05) is 4.90 Å². The van der Waals surface area contributed by atoms with Gasteiger partial charge >= 0.3 is 16.1 Å². The number of benzene rings is 2. The summed E-state index contributed by atoms with van der Waals surface area (Å²) in [6.07, 6.45) is 3.18. The number of rotatable bonds is 8. The minimum atomic E-state index is -4.06. The van der Waals surface area contributed by atoms with Gasteiger partial charge in [-0.2, -0.15) is 8.42 Å². The summed E-state index contributed by atoms with van der Waals surface area (Å²) in [7, 11) is -4.06. The summed E-state index contributed by atoms with van der Waals surface area (Å²) in [5, 5.41) is 0.545. The first-order valence-corrected chi connectivity index (χ1v) is 11.5. The first kappa shape index (κ1) is 21.7. The Hall–Kier alpha value is -1.96. The minimum absolute atomic E-state index is 0.0243. The van der Waals surface area contributed by atoms with E-state index in [1.165, 1.54) is 30.3 Å². The zero-order valence-electron chi connectivity index (χ0n) is 16.0. The fourth-order valence-electron chi connectivity index (χ4n) is 3.13. The van der Waals surface area contributed by atoms with Crippen molar-refractivity contribution in [1.82, 2.24) is 4.90 Å². The molecule has 3 rings (SSSR count). The molecule has 0 aromatic heterocycles. The van der Waals surface area contributed by atoms with Gasteiger partial charge in [0.15, 0.2) is 0 Å².